The zero-order valence-corrected chi connectivity index (χ0v) is 31.8. The van der Waals surface area contributed by atoms with Crippen LogP contribution in [-0.4, -0.2) is 35.8 Å². The molecule has 2 nitrogen and oxygen atoms in total. The summed E-state index contributed by atoms with van der Waals surface area (Å²) in [5, 5.41) is 3.50. The van der Waals surface area contributed by atoms with E-state index >= 15 is 0 Å². The van der Waals surface area contributed by atoms with Crippen LogP contribution in [0.4, 0.5) is 0 Å². The summed E-state index contributed by atoms with van der Waals surface area (Å²) in [6.45, 7) is 5.57. The summed E-state index contributed by atoms with van der Waals surface area (Å²) in [5.41, 5.74) is 7.73. The second kappa shape index (κ2) is 4.70. The van der Waals surface area contributed by atoms with Gasteiger partial charge in [0.1, 0.15) is 0 Å². The number of fused-ring (bicyclic) bond motifs is 10. The van der Waals surface area contributed by atoms with Crippen molar-refractivity contribution < 1.29 is 16.0 Å². The van der Waals surface area contributed by atoms with Crippen LogP contribution in [0.1, 0.15) is 86.5 Å². The van der Waals surface area contributed by atoms with E-state index in [0.29, 0.717) is 0 Å². The van der Waals surface area contributed by atoms with E-state index in [1.54, 1.807) is 68.1 Å². The van der Waals surface area contributed by atoms with Crippen LogP contribution in [0.3, 0.4) is 0 Å². The minimum absolute atomic E-state index is 0.167. The molecule has 10 heterocycles. The van der Waals surface area contributed by atoms with Crippen molar-refractivity contribution in [3.8, 4) is 11.5 Å². The van der Waals surface area contributed by atoms with Crippen LogP contribution in [0.25, 0.3) is 0 Å². The van der Waals surface area contributed by atoms with Crippen molar-refractivity contribution in [2.24, 2.45) is 0 Å². The fourth-order valence-corrected chi connectivity index (χ4v) is 123. The second-order valence-electron chi connectivity index (χ2n) is 20.7. The first-order valence-electron chi connectivity index (χ1n) is 19.2. The van der Waals surface area contributed by atoms with Crippen molar-refractivity contribution in [2.75, 3.05) is 20.4 Å². The topological polar surface area (TPSA) is 18.5 Å². The van der Waals surface area contributed by atoms with Crippen LogP contribution in [0.15, 0.2) is 24.3 Å². The molecule has 1 spiro atoms. The Labute approximate surface area is 269 Å². The summed E-state index contributed by atoms with van der Waals surface area (Å²) in [5.74, 6) is 2.25. The van der Waals surface area contributed by atoms with Gasteiger partial charge in [0.25, 0.3) is 0 Å². The Balaban J connectivity index is 1.02. The molecule has 5 atom stereocenters. The average Bonchev–Trinajstić information content (AvgIpc) is 4.00. The monoisotopic (exact) mass is 696 g/mol. The Kier molecular flexibility index (Phi) is 2.69. The van der Waals surface area contributed by atoms with E-state index in [4.69, 9.17) is 9.47 Å². The first-order chi connectivity index (χ1) is 22.1. The molecule has 0 bridgehead atoms. The van der Waals surface area contributed by atoms with E-state index in [-0.39, 0.29) is 15.8 Å². The van der Waals surface area contributed by atoms with E-state index in [2.05, 4.69) is 52.0 Å². The molecule has 46 heavy (non-hydrogen) atoms. The fraction of sp³-hybridized carbons (Fsp3) is 0.707. The van der Waals surface area contributed by atoms with Gasteiger partial charge in [0.2, 0.25) is 0 Å². The van der Waals surface area contributed by atoms with Gasteiger partial charge in [-0.3, -0.25) is 0 Å². The predicted octanol–water partition coefficient (Wildman–Crippen LogP) is 11.2. The standard InChI is InChI=1S/C36H49O2P2.C5H5.Fe/c1-25-20-32(21-26(2)35(25)37-5)40(33-22-27(3)36(38-6)28(4)23-33)34-19-13-14-29(34)24-39(30-15-9-7-10-16-30)31-17-11-8-12-18-31;1-2-4-5-3-1;/h13-14,19-23,30-31H,7-12,15-18,24H2,1-6H3;1-5H;. The molecule has 0 N–H and O–H groups in total. The molecule has 10 saturated heterocycles. The molecule has 10 aliphatic heterocycles. The third-order valence-electron chi connectivity index (χ3n) is 23.7. The summed E-state index contributed by atoms with van der Waals surface area (Å²) in [7, 11) is 3.55. The fourth-order valence-electron chi connectivity index (χ4n) is 24.9. The summed E-state index contributed by atoms with van der Waals surface area (Å²) in [6, 6.07) is 10.7. The number of methoxy groups -OCH3 is 2. The first-order valence-corrected chi connectivity index (χ1v) is 28.4. The molecule has 2 aliphatic carbocycles. The number of ether oxygens (including phenoxy) is 2. The summed E-state index contributed by atoms with van der Waals surface area (Å²) in [4.78, 5) is 10.7. The minimum atomic E-state index is -3.79. The predicted molar refractivity (Wildman–Crippen MR) is 192 cm³/mol. The molecule has 2 saturated carbocycles. The average molecular weight is 697 g/mol. The molecule has 0 amide bonds. The summed E-state index contributed by atoms with van der Waals surface area (Å²) < 4.78 is 13.7. The van der Waals surface area contributed by atoms with Gasteiger partial charge in [0.05, 0.1) is 0 Å². The van der Waals surface area contributed by atoms with Gasteiger partial charge in [-0.05, 0) is 0 Å². The van der Waals surface area contributed by atoms with Gasteiger partial charge in [-0.1, -0.05) is 0 Å². The molecule has 2 aromatic rings. The summed E-state index contributed by atoms with van der Waals surface area (Å²) >= 11 is 0. The van der Waals surface area contributed by atoms with Crippen LogP contribution >= 0.6 is 15.8 Å². The molecular formula is C41H54FeO2P2. The second-order valence-corrected chi connectivity index (χ2v) is 49.6. The molecule has 0 radical (unpaired) electrons. The van der Waals surface area contributed by atoms with Gasteiger partial charge >= 0.3 is 271 Å². The SMILES string of the molecule is COc1c(C)cc(P(c2cc(C)c(OC)c(C)c2)[C]23[CH]4[CH]5[CH]6[C]2(CP(C2CCCCC2)C2CCCCC2)[Fe]56432789[CH]3[CH]2[CH]7[CH]8[CH]39)cc1C. The maximum absolute atomic E-state index is 6.01. The summed E-state index contributed by atoms with van der Waals surface area (Å²) in [6.07, 6.45) is 17.4. The van der Waals surface area contributed by atoms with Crippen LogP contribution in [-0.2, 0) is 6.51 Å². The van der Waals surface area contributed by atoms with Gasteiger partial charge in [0.15, 0.2) is 0 Å². The van der Waals surface area contributed by atoms with Gasteiger partial charge in [-0.15, -0.1) is 0 Å². The van der Waals surface area contributed by atoms with E-state index in [1.807, 2.05) is 14.2 Å². The van der Waals surface area contributed by atoms with Gasteiger partial charge in [-0.25, -0.2) is 0 Å². The molecule has 5 unspecified atom stereocenters. The Morgan fingerprint density at radius 2 is 1.02 bits per heavy atom. The van der Waals surface area contributed by atoms with E-state index < -0.39 is 6.51 Å². The third-order valence-corrected chi connectivity index (χ3v) is 78.1. The van der Waals surface area contributed by atoms with Crippen molar-refractivity contribution in [3.05, 3.63) is 46.5 Å². The Morgan fingerprint density at radius 3 is 1.37 bits per heavy atom. The molecule has 12 aliphatic rings. The first kappa shape index (κ1) is 26.3. The van der Waals surface area contributed by atoms with Crippen LogP contribution in [0.2, 0.25) is 42.8 Å². The molecule has 5 heteroatoms. The molecule has 248 valence electrons. The third kappa shape index (κ3) is 0.838. The van der Waals surface area contributed by atoms with Crippen molar-refractivity contribution >= 4 is 26.5 Å². The van der Waals surface area contributed by atoms with E-state index in [0.717, 1.165) is 31.2 Å². The number of benzene rings is 2. The Morgan fingerprint density at radius 1 is 0.609 bits per heavy atom. The number of aryl methyl sites for hydroxylation is 4. The van der Waals surface area contributed by atoms with Crippen LogP contribution < -0.4 is 20.1 Å². The Bertz CT molecular complexity index is 2060. The molecular weight excluding hydrogens is 642 g/mol. The van der Waals surface area contributed by atoms with Gasteiger partial charge in [0, 0.05) is 0 Å². The zero-order chi connectivity index (χ0) is 30.9. The molecule has 12 fully saturated rings. The molecule has 0 aromatic heterocycles. The van der Waals surface area contributed by atoms with E-state index in [1.165, 1.54) is 73.6 Å². The van der Waals surface area contributed by atoms with E-state index in [9.17, 15) is 0 Å². The molecule has 2 aromatic carbocycles. The maximum atomic E-state index is 6.01. The van der Waals surface area contributed by atoms with Crippen molar-refractivity contribution in [1.82, 2.24) is 0 Å². The number of hydrogen-bond acceptors (Lipinski definition) is 2. The van der Waals surface area contributed by atoms with Gasteiger partial charge < -0.3 is 0 Å². The van der Waals surface area contributed by atoms with Crippen molar-refractivity contribution in [2.45, 2.75) is 150 Å². The van der Waals surface area contributed by atoms with Crippen LogP contribution in [0.5, 0.6) is 11.5 Å². The quantitative estimate of drug-likeness (QED) is 0.192. The number of rotatable bonds is 9. The van der Waals surface area contributed by atoms with Crippen molar-refractivity contribution in [3.63, 3.8) is 0 Å². The number of hydrogen-bond donors (Lipinski definition) is 0. The molecule has 14 rings (SSSR count). The Hall–Kier alpha value is -0.581. The van der Waals surface area contributed by atoms with Gasteiger partial charge in [-0.2, -0.15) is 0 Å². The van der Waals surface area contributed by atoms with Crippen molar-refractivity contribution in [1.29, 1.82) is 0 Å². The zero-order valence-electron chi connectivity index (χ0n) is 28.9. The van der Waals surface area contributed by atoms with Crippen LogP contribution in [0, 0.1) is 27.7 Å². The normalized spacial score (nSPS) is 58.1.